The summed E-state index contributed by atoms with van der Waals surface area (Å²) in [7, 11) is 0. The van der Waals surface area contributed by atoms with Crippen molar-refractivity contribution < 1.29 is 9.52 Å². The summed E-state index contributed by atoms with van der Waals surface area (Å²) in [6.45, 7) is 4.43. The Morgan fingerprint density at radius 2 is 2.00 bits per heavy atom. The second-order valence-corrected chi connectivity index (χ2v) is 5.85. The summed E-state index contributed by atoms with van der Waals surface area (Å²) in [6.07, 6.45) is 4.14. The van der Waals surface area contributed by atoms with E-state index in [4.69, 9.17) is 4.42 Å². The summed E-state index contributed by atoms with van der Waals surface area (Å²) >= 11 is 0. The van der Waals surface area contributed by atoms with E-state index in [1.165, 1.54) is 6.26 Å². The average molecular weight is 233 g/mol. The molecule has 0 aliphatic heterocycles. The first-order valence-electron chi connectivity index (χ1n) is 6.12. The van der Waals surface area contributed by atoms with Gasteiger partial charge in [0, 0.05) is 0 Å². The summed E-state index contributed by atoms with van der Waals surface area (Å²) in [5, 5.41) is 19.8. The maximum atomic E-state index is 10.3. The third-order valence-electron chi connectivity index (χ3n) is 4.05. The minimum absolute atomic E-state index is 0.281. The molecule has 0 aromatic carbocycles. The van der Waals surface area contributed by atoms with Crippen LogP contribution in [0, 0.1) is 22.2 Å². The lowest BCUT2D eigenvalue weighted by Gasteiger charge is -2.41. The largest absolute Gasteiger partial charge is 0.467 e. The van der Waals surface area contributed by atoms with Gasteiger partial charge in [-0.2, -0.15) is 5.26 Å². The third-order valence-corrected chi connectivity index (χ3v) is 4.05. The zero-order valence-corrected chi connectivity index (χ0v) is 10.4. The van der Waals surface area contributed by atoms with E-state index >= 15 is 0 Å². The van der Waals surface area contributed by atoms with Gasteiger partial charge in [-0.05, 0) is 43.2 Å². The van der Waals surface area contributed by atoms with Crippen molar-refractivity contribution in [1.29, 1.82) is 5.26 Å². The Bertz CT molecular complexity index is 404. The summed E-state index contributed by atoms with van der Waals surface area (Å²) < 4.78 is 5.23. The van der Waals surface area contributed by atoms with Crippen molar-refractivity contribution in [2.75, 3.05) is 0 Å². The summed E-state index contributed by atoms with van der Waals surface area (Å²) in [5.41, 5.74) is -0.392. The van der Waals surface area contributed by atoms with Gasteiger partial charge < -0.3 is 9.52 Å². The van der Waals surface area contributed by atoms with Gasteiger partial charge >= 0.3 is 0 Å². The van der Waals surface area contributed by atoms with Crippen LogP contribution in [0.4, 0.5) is 0 Å². The first-order valence-corrected chi connectivity index (χ1v) is 6.12. The fourth-order valence-corrected chi connectivity index (χ4v) is 2.54. The van der Waals surface area contributed by atoms with Crippen molar-refractivity contribution in [1.82, 2.24) is 0 Å². The highest BCUT2D eigenvalue weighted by Gasteiger charge is 2.45. The minimum atomic E-state index is -0.807. The van der Waals surface area contributed by atoms with Crippen LogP contribution >= 0.6 is 0 Å². The quantitative estimate of drug-likeness (QED) is 0.851. The molecule has 0 spiro atoms. The molecular formula is C14H19NO2. The zero-order valence-electron chi connectivity index (χ0n) is 10.4. The molecule has 1 aliphatic rings. The lowest BCUT2D eigenvalue weighted by molar-refractivity contribution is -0.00323. The molecule has 1 aliphatic carbocycles. The first-order chi connectivity index (χ1) is 7.99. The van der Waals surface area contributed by atoms with E-state index < -0.39 is 11.5 Å². The van der Waals surface area contributed by atoms with Crippen LogP contribution < -0.4 is 0 Å². The Balaban J connectivity index is 2.20. The minimum Gasteiger partial charge on any atom is -0.467 e. The highest BCUT2D eigenvalue weighted by molar-refractivity contribution is 5.15. The van der Waals surface area contributed by atoms with Crippen molar-refractivity contribution in [2.24, 2.45) is 10.8 Å². The van der Waals surface area contributed by atoms with E-state index in [0.717, 1.165) is 25.7 Å². The van der Waals surface area contributed by atoms with Gasteiger partial charge in [-0.3, -0.25) is 0 Å². The van der Waals surface area contributed by atoms with Crippen molar-refractivity contribution in [2.45, 2.75) is 45.6 Å². The summed E-state index contributed by atoms with van der Waals surface area (Å²) in [6, 6.07) is 5.82. The Morgan fingerprint density at radius 3 is 2.47 bits per heavy atom. The van der Waals surface area contributed by atoms with E-state index in [1.807, 2.05) is 0 Å². The van der Waals surface area contributed by atoms with Crippen LogP contribution in [0.15, 0.2) is 22.8 Å². The van der Waals surface area contributed by atoms with Gasteiger partial charge in [-0.1, -0.05) is 13.8 Å². The first kappa shape index (κ1) is 12.2. The van der Waals surface area contributed by atoms with E-state index in [-0.39, 0.29) is 5.41 Å². The molecule has 92 valence electrons. The maximum Gasteiger partial charge on any atom is 0.133 e. The third kappa shape index (κ3) is 2.23. The predicted octanol–water partition coefficient (Wildman–Crippen LogP) is 3.42. The molecule has 3 heteroatoms. The lowest BCUT2D eigenvalue weighted by Crippen LogP contribution is -2.35. The molecule has 17 heavy (non-hydrogen) atoms. The van der Waals surface area contributed by atoms with Crippen LogP contribution in [0.25, 0.3) is 0 Å². The topological polar surface area (TPSA) is 57.2 Å². The highest BCUT2D eigenvalue weighted by Crippen LogP contribution is 2.50. The second kappa shape index (κ2) is 4.19. The SMILES string of the molecule is CC1(C)CCC(C#N)(C(O)c2ccco2)CC1. The van der Waals surface area contributed by atoms with Gasteiger partial charge in [0.2, 0.25) is 0 Å². The van der Waals surface area contributed by atoms with Crippen molar-refractivity contribution in [3.63, 3.8) is 0 Å². The molecular weight excluding hydrogens is 214 g/mol. The van der Waals surface area contributed by atoms with Gasteiger partial charge in [0.05, 0.1) is 17.7 Å². The number of rotatable bonds is 2. The summed E-state index contributed by atoms with van der Waals surface area (Å²) in [5.74, 6) is 0.506. The van der Waals surface area contributed by atoms with Gasteiger partial charge in [0.15, 0.2) is 0 Å². The molecule has 0 saturated heterocycles. The van der Waals surface area contributed by atoms with E-state index in [2.05, 4.69) is 19.9 Å². The van der Waals surface area contributed by atoms with Crippen LogP contribution in [-0.4, -0.2) is 5.11 Å². The lowest BCUT2D eigenvalue weighted by atomic mass is 9.63. The Morgan fingerprint density at radius 1 is 1.35 bits per heavy atom. The van der Waals surface area contributed by atoms with Crippen LogP contribution in [0.1, 0.15) is 51.4 Å². The number of aliphatic hydroxyl groups excluding tert-OH is 1. The molecule has 0 amide bonds. The molecule has 2 rings (SSSR count). The number of hydrogen-bond donors (Lipinski definition) is 1. The molecule has 3 nitrogen and oxygen atoms in total. The Kier molecular flexibility index (Phi) is 3.01. The number of aliphatic hydroxyl groups is 1. The fourth-order valence-electron chi connectivity index (χ4n) is 2.54. The molecule has 0 radical (unpaired) electrons. The number of nitrogens with zero attached hydrogens (tertiary/aromatic N) is 1. The van der Waals surface area contributed by atoms with E-state index in [0.29, 0.717) is 5.76 Å². The molecule has 1 unspecified atom stereocenters. The van der Waals surface area contributed by atoms with Crippen LogP contribution in [0.2, 0.25) is 0 Å². The van der Waals surface area contributed by atoms with Crippen LogP contribution in [0.3, 0.4) is 0 Å². The molecule has 1 fully saturated rings. The smallest absolute Gasteiger partial charge is 0.133 e. The van der Waals surface area contributed by atoms with Gasteiger partial charge in [0.25, 0.3) is 0 Å². The molecule has 1 N–H and O–H groups in total. The monoisotopic (exact) mass is 233 g/mol. The molecule has 1 atom stereocenters. The zero-order chi connectivity index (χ0) is 12.5. The fraction of sp³-hybridized carbons (Fsp3) is 0.643. The van der Waals surface area contributed by atoms with Gasteiger partial charge in [-0.25, -0.2) is 0 Å². The Labute approximate surface area is 102 Å². The molecule has 1 heterocycles. The number of nitriles is 1. The van der Waals surface area contributed by atoms with Crippen molar-refractivity contribution in [3.8, 4) is 6.07 Å². The van der Waals surface area contributed by atoms with Crippen molar-refractivity contribution in [3.05, 3.63) is 24.2 Å². The van der Waals surface area contributed by atoms with Crippen LogP contribution in [-0.2, 0) is 0 Å². The molecule has 1 aromatic heterocycles. The van der Waals surface area contributed by atoms with Gasteiger partial charge in [0.1, 0.15) is 11.9 Å². The predicted molar refractivity (Wildman–Crippen MR) is 64.0 cm³/mol. The Hall–Kier alpha value is -1.27. The normalized spacial score (nSPS) is 23.9. The summed E-state index contributed by atoms with van der Waals surface area (Å²) in [4.78, 5) is 0. The second-order valence-electron chi connectivity index (χ2n) is 5.85. The van der Waals surface area contributed by atoms with Crippen LogP contribution in [0.5, 0.6) is 0 Å². The number of furan rings is 1. The van der Waals surface area contributed by atoms with E-state index in [9.17, 15) is 10.4 Å². The van der Waals surface area contributed by atoms with E-state index in [1.54, 1.807) is 12.1 Å². The molecule has 1 aromatic rings. The standard InChI is InChI=1S/C14H19NO2/c1-13(2)5-7-14(10-15,8-6-13)12(16)11-4-3-9-17-11/h3-4,9,12,16H,5-8H2,1-2H3. The molecule has 1 saturated carbocycles. The van der Waals surface area contributed by atoms with Crippen molar-refractivity contribution >= 4 is 0 Å². The molecule has 0 bridgehead atoms. The highest BCUT2D eigenvalue weighted by atomic mass is 16.4. The number of hydrogen-bond acceptors (Lipinski definition) is 3. The van der Waals surface area contributed by atoms with Gasteiger partial charge in [-0.15, -0.1) is 0 Å². The average Bonchev–Trinajstić information content (AvgIpc) is 2.82. The maximum absolute atomic E-state index is 10.3.